The minimum atomic E-state index is -0.0426. The molecule has 0 fully saturated rings. The fourth-order valence-corrected chi connectivity index (χ4v) is 3.18. The van der Waals surface area contributed by atoms with Crippen LogP contribution < -0.4 is 4.74 Å². The lowest BCUT2D eigenvalue weighted by atomic mass is 9.97. The zero-order valence-corrected chi connectivity index (χ0v) is 15.6. The topological polar surface area (TPSA) is 26.3 Å². The zero-order valence-electron chi connectivity index (χ0n) is 15.6. The van der Waals surface area contributed by atoms with E-state index >= 15 is 0 Å². The Bertz CT molecular complexity index is 844. The number of carbonyl (C=O) groups is 1. The van der Waals surface area contributed by atoms with Crippen LogP contribution in [-0.4, -0.2) is 44.6 Å². The number of ketones is 1. The molecule has 0 spiro atoms. The van der Waals surface area contributed by atoms with Crippen molar-refractivity contribution in [3.63, 3.8) is 0 Å². The molecule has 3 heteroatoms. The lowest BCUT2D eigenvalue weighted by molar-refractivity contribution is -0.870. The van der Waals surface area contributed by atoms with Crippen molar-refractivity contribution in [2.24, 2.45) is 0 Å². The van der Waals surface area contributed by atoms with Gasteiger partial charge in [-0.05, 0) is 35.3 Å². The highest BCUT2D eigenvalue weighted by atomic mass is 16.5. The third kappa shape index (κ3) is 3.52. The molecule has 1 aliphatic rings. The molecule has 1 aliphatic carbocycles. The van der Waals surface area contributed by atoms with Crippen molar-refractivity contribution in [3.8, 4) is 16.9 Å². The van der Waals surface area contributed by atoms with E-state index in [1.165, 1.54) is 16.7 Å². The second-order valence-corrected chi connectivity index (χ2v) is 7.77. The lowest BCUT2D eigenvalue weighted by Gasteiger charge is -2.24. The van der Waals surface area contributed by atoms with Gasteiger partial charge in [0.15, 0.2) is 5.78 Å². The lowest BCUT2D eigenvalue weighted by Crippen LogP contribution is -2.38. The largest absolute Gasteiger partial charge is 0.487 e. The summed E-state index contributed by atoms with van der Waals surface area (Å²) in [6.07, 6.45) is 0.808. The number of benzene rings is 2. The Balaban J connectivity index is 2.03. The number of carbonyl (C=O) groups excluding carboxylic acids is 1. The normalized spacial score (nSPS) is 12.5. The minimum absolute atomic E-state index is 0.0426. The van der Waals surface area contributed by atoms with Gasteiger partial charge < -0.3 is 9.22 Å². The maximum atomic E-state index is 12.6. The Morgan fingerprint density at radius 2 is 1.84 bits per heavy atom. The summed E-state index contributed by atoms with van der Waals surface area (Å²) in [6.45, 7) is 7.02. The predicted molar refractivity (Wildman–Crippen MR) is 102 cm³/mol. The molecule has 0 aliphatic heterocycles. The van der Waals surface area contributed by atoms with Crippen LogP contribution in [0.3, 0.4) is 0 Å². The van der Waals surface area contributed by atoms with Gasteiger partial charge in [-0.25, -0.2) is 0 Å². The Hall–Kier alpha value is -2.39. The van der Waals surface area contributed by atoms with E-state index in [2.05, 4.69) is 52.0 Å². The van der Waals surface area contributed by atoms with Gasteiger partial charge >= 0.3 is 0 Å². The minimum Gasteiger partial charge on any atom is -0.487 e. The van der Waals surface area contributed by atoms with Gasteiger partial charge in [0, 0.05) is 12.0 Å². The summed E-state index contributed by atoms with van der Waals surface area (Å²) >= 11 is 0. The molecule has 0 aromatic heterocycles. The SMILES string of the molecule is C=C(C)C(=O)c1ccc2c(c1OCC[N+](C)(C)C)Cc1ccccc1-2. The molecule has 0 radical (unpaired) electrons. The van der Waals surface area contributed by atoms with E-state index in [-0.39, 0.29) is 5.78 Å². The summed E-state index contributed by atoms with van der Waals surface area (Å²) in [6, 6.07) is 12.3. The number of Topliss-reactive ketones (excluding diaryl/α,β-unsaturated/α-hetero) is 1. The van der Waals surface area contributed by atoms with Crippen LogP contribution in [0.25, 0.3) is 11.1 Å². The second kappa shape index (κ2) is 6.49. The van der Waals surface area contributed by atoms with Gasteiger partial charge in [-0.1, -0.05) is 36.9 Å². The Labute approximate surface area is 150 Å². The van der Waals surface area contributed by atoms with Crippen molar-refractivity contribution in [3.05, 3.63) is 65.2 Å². The number of likely N-dealkylation sites (N-methyl/N-ethyl adjacent to an activating group) is 1. The number of ether oxygens (including phenoxy) is 1. The Kier molecular flexibility index (Phi) is 4.53. The molecule has 0 N–H and O–H groups in total. The molecule has 130 valence electrons. The monoisotopic (exact) mass is 336 g/mol. The standard InChI is InChI=1S/C22H26NO2/c1-15(2)21(24)19-11-10-18-17-9-7-6-8-16(17)14-20(18)22(19)25-13-12-23(3,4)5/h6-11H,1,12-14H2,2-5H3/q+1. The van der Waals surface area contributed by atoms with Gasteiger partial charge in [0.05, 0.1) is 26.7 Å². The first-order valence-corrected chi connectivity index (χ1v) is 8.65. The molecular formula is C22H26NO2+. The molecule has 2 aromatic rings. The van der Waals surface area contributed by atoms with E-state index in [1.54, 1.807) is 6.92 Å². The van der Waals surface area contributed by atoms with Crippen molar-refractivity contribution in [2.45, 2.75) is 13.3 Å². The summed E-state index contributed by atoms with van der Waals surface area (Å²) in [4.78, 5) is 12.6. The quantitative estimate of drug-likeness (QED) is 0.385. The average molecular weight is 336 g/mol. The predicted octanol–water partition coefficient (Wildman–Crippen LogP) is 4.10. The molecule has 0 atom stereocenters. The van der Waals surface area contributed by atoms with Crippen molar-refractivity contribution < 1.29 is 14.0 Å². The highest BCUT2D eigenvalue weighted by Crippen LogP contribution is 2.43. The molecule has 2 aromatic carbocycles. The maximum absolute atomic E-state index is 12.6. The fraction of sp³-hybridized carbons (Fsp3) is 0.318. The molecule has 0 saturated heterocycles. The van der Waals surface area contributed by atoms with Crippen LogP contribution in [0, 0.1) is 0 Å². The van der Waals surface area contributed by atoms with Crippen LogP contribution >= 0.6 is 0 Å². The highest BCUT2D eigenvalue weighted by molar-refractivity contribution is 6.10. The van der Waals surface area contributed by atoms with E-state index < -0.39 is 0 Å². The number of allylic oxidation sites excluding steroid dienone is 1. The van der Waals surface area contributed by atoms with Gasteiger partial charge in [-0.15, -0.1) is 0 Å². The van der Waals surface area contributed by atoms with Crippen molar-refractivity contribution in [2.75, 3.05) is 34.3 Å². The third-order valence-electron chi connectivity index (χ3n) is 4.58. The first-order chi connectivity index (χ1) is 11.8. The van der Waals surface area contributed by atoms with Gasteiger partial charge in [-0.2, -0.15) is 0 Å². The zero-order chi connectivity index (χ0) is 18.2. The summed E-state index contributed by atoms with van der Waals surface area (Å²) in [5.41, 5.74) is 5.98. The van der Waals surface area contributed by atoms with E-state index in [0.29, 0.717) is 17.7 Å². The van der Waals surface area contributed by atoms with Crippen LogP contribution in [0.1, 0.15) is 28.4 Å². The summed E-state index contributed by atoms with van der Waals surface area (Å²) in [7, 11) is 6.40. The van der Waals surface area contributed by atoms with Crippen LogP contribution in [-0.2, 0) is 6.42 Å². The van der Waals surface area contributed by atoms with Gasteiger partial charge in [0.25, 0.3) is 0 Å². The summed E-state index contributed by atoms with van der Waals surface area (Å²) in [5, 5.41) is 0. The van der Waals surface area contributed by atoms with Crippen molar-refractivity contribution in [1.82, 2.24) is 0 Å². The first-order valence-electron chi connectivity index (χ1n) is 8.65. The molecular weight excluding hydrogens is 310 g/mol. The number of fused-ring (bicyclic) bond motifs is 3. The molecule has 0 saturated carbocycles. The molecule has 0 heterocycles. The van der Waals surface area contributed by atoms with Crippen molar-refractivity contribution >= 4 is 5.78 Å². The van der Waals surface area contributed by atoms with Gasteiger partial charge in [-0.3, -0.25) is 4.79 Å². The average Bonchev–Trinajstić information content (AvgIpc) is 2.92. The first kappa shape index (κ1) is 17.4. The number of hydrogen-bond acceptors (Lipinski definition) is 2. The van der Waals surface area contributed by atoms with Crippen molar-refractivity contribution in [1.29, 1.82) is 0 Å². The van der Waals surface area contributed by atoms with Crippen LogP contribution in [0.4, 0.5) is 0 Å². The number of quaternary nitrogens is 1. The van der Waals surface area contributed by atoms with E-state index in [0.717, 1.165) is 28.8 Å². The number of rotatable bonds is 6. The molecule has 0 unspecified atom stereocenters. The Morgan fingerprint density at radius 1 is 1.12 bits per heavy atom. The Morgan fingerprint density at radius 3 is 2.52 bits per heavy atom. The van der Waals surface area contributed by atoms with Crippen LogP contribution in [0.15, 0.2) is 48.6 Å². The van der Waals surface area contributed by atoms with E-state index in [1.807, 2.05) is 12.1 Å². The number of hydrogen-bond donors (Lipinski definition) is 0. The van der Waals surface area contributed by atoms with E-state index in [4.69, 9.17) is 4.74 Å². The van der Waals surface area contributed by atoms with Gasteiger partial charge in [0.2, 0.25) is 0 Å². The molecule has 3 rings (SSSR count). The van der Waals surface area contributed by atoms with Gasteiger partial charge in [0.1, 0.15) is 18.9 Å². The number of nitrogens with zero attached hydrogens (tertiary/aromatic N) is 1. The van der Waals surface area contributed by atoms with E-state index in [9.17, 15) is 4.79 Å². The van der Waals surface area contributed by atoms with Crippen LogP contribution in [0.2, 0.25) is 0 Å². The fourth-order valence-electron chi connectivity index (χ4n) is 3.18. The highest BCUT2D eigenvalue weighted by Gasteiger charge is 2.26. The maximum Gasteiger partial charge on any atom is 0.191 e. The molecule has 25 heavy (non-hydrogen) atoms. The summed E-state index contributed by atoms with van der Waals surface area (Å²) in [5.74, 6) is 0.689. The smallest absolute Gasteiger partial charge is 0.191 e. The summed E-state index contributed by atoms with van der Waals surface area (Å²) < 4.78 is 7.00. The van der Waals surface area contributed by atoms with Crippen LogP contribution in [0.5, 0.6) is 5.75 Å². The molecule has 0 amide bonds. The molecule has 3 nitrogen and oxygen atoms in total. The third-order valence-corrected chi connectivity index (χ3v) is 4.58. The second-order valence-electron chi connectivity index (χ2n) is 7.77. The molecule has 0 bridgehead atoms.